The zero-order chi connectivity index (χ0) is 19.5. The molecule has 5 heteroatoms. The highest BCUT2D eigenvalue weighted by atomic mass is 16.2. The second kappa shape index (κ2) is 8.15. The van der Waals surface area contributed by atoms with Crippen LogP contribution < -0.4 is 11.1 Å². The maximum absolute atomic E-state index is 12.7. The van der Waals surface area contributed by atoms with Crippen LogP contribution in [0.4, 0.5) is 0 Å². The molecule has 2 aromatic rings. The summed E-state index contributed by atoms with van der Waals surface area (Å²) in [6.07, 6.45) is 1.89. The summed E-state index contributed by atoms with van der Waals surface area (Å²) in [5.74, 6) is 1.03. The fraction of sp³-hybridized carbons (Fsp3) is 0.391. The van der Waals surface area contributed by atoms with E-state index in [4.69, 9.17) is 5.73 Å². The Balaban J connectivity index is 1.32. The summed E-state index contributed by atoms with van der Waals surface area (Å²) in [7, 11) is 0. The summed E-state index contributed by atoms with van der Waals surface area (Å²) in [5, 5.41) is 2.90. The quantitative estimate of drug-likeness (QED) is 0.841. The summed E-state index contributed by atoms with van der Waals surface area (Å²) in [4.78, 5) is 26.1. The van der Waals surface area contributed by atoms with Crippen LogP contribution in [0.3, 0.4) is 0 Å². The Bertz CT molecular complexity index is 835. The Morgan fingerprint density at radius 2 is 1.79 bits per heavy atom. The molecule has 0 radical (unpaired) electrons. The number of amides is 2. The van der Waals surface area contributed by atoms with Crippen LogP contribution in [0.2, 0.25) is 0 Å². The summed E-state index contributed by atoms with van der Waals surface area (Å²) in [6.45, 7) is 2.27. The average molecular weight is 377 g/mol. The molecule has 5 nitrogen and oxygen atoms in total. The first-order valence-corrected chi connectivity index (χ1v) is 10.1. The summed E-state index contributed by atoms with van der Waals surface area (Å²) < 4.78 is 0. The van der Waals surface area contributed by atoms with Crippen molar-refractivity contribution in [2.75, 3.05) is 19.6 Å². The number of nitrogens with zero attached hydrogens (tertiary/aromatic N) is 1. The van der Waals surface area contributed by atoms with Gasteiger partial charge in [-0.1, -0.05) is 54.6 Å². The molecule has 2 aliphatic heterocycles. The van der Waals surface area contributed by atoms with Crippen molar-refractivity contribution in [2.24, 2.45) is 17.6 Å². The second-order valence-corrected chi connectivity index (χ2v) is 7.96. The van der Waals surface area contributed by atoms with Crippen LogP contribution >= 0.6 is 0 Å². The van der Waals surface area contributed by atoms with E-state index in [0.29, 0.717) is 24.7 Å². The van der Waals surface area contributed by atoms with Crippen molar-refractivity contribution in [3.8, 4) is 11.1 Å². The number of carbonyl (C=O) groups is 2. The molecule has 2 amide bonds. The number of likely N-dealkylation sites (tertiary alicyclic amines) is 1. The highest BCUT2D eigenvalue weighted by Crippen LogP contribution is 2.30. The highest BCUT2D eigenvalue weighted by molar-refractivity contribution is 5.79. The highest BCUT2D eigenvalue weighted by Gasteiger charge is 2.35. The van der Waals surface area contributed by atoms with E-state index in [-0.39, 0.29) is 17.9 Å². The van der Waals surface area contributed by atoms with Crippen molar-refractivity contribution in [2.45, 2.75) is 25.3 Å². The molecule has 0 saturated carbocycles. The molecule has 2 unspecified atom stereocenters. The van der Waals surface area contributed by atoms with Crippen LogP contribution in [0.25, 0.3) is 11.1 Å². The smallest absolute Gasteiger partial charge is 0.224 e. The molecule has 3 N–H and O–H groups in total. The number of hydrogen-bond acceptors (Lipinski definition) is 3. The van der Waals surface area contributed by atoms with E-state index < -0.39 is 0 Å². The van der Waals surface area contributed by atoms with E-state index in [2.05, 4.69) is 29.6 Å². The number of nitrogens with one attached hydrogen (secondary N) is 1. The van der Waals surface area contributed by atoms with E-state index in [9.17, 15) is 9.59 Å². The standard InChI is InChI=1S/C23H27N3O2/c24-21(18-8-6-17(7-9-18)16-4-2-1-3-5-16)13-23(28)26-11-10-19(15-26)20-12-22(27)25-14-20/h1-9,19-21H,10-15,24H2,(H,25,27)/t19?,20?,21-/m1/s1. The van der Waals surface area contributed by atoms with Crippen molar-refractivity contribution >= 4 is 11.8 Å². The molecule has 0 bridgehead atoms. The fourth-order valence-corrected chi connectivity index (χ4v) is 4.35. The molecule has 0 aromatic heterocycles. The predicted octanol–water partition coefficient (Wildman–Crippen LogP) is 2.73. The molecule has 2 fully saturated rings. The number of benzene rings is 2. The Labute approximate surface area is 165 Å². The van der Waals surface area contributed by atoms with Gasteiger partial charge >= 0.3 is 0 Å². The predicted molar refractivity (Wildman–Crippen MR) is 109 cm³/mol. The summed E-state index contributed by atoms with van der Waals surface area (Å²) >= 11 is 0. The molecular weight excluding hydrogens is 350 g/mol. The van der Waals surface area contributed by atoms with E-state index in [1.54, 1.807) is 0 Å². The minimum absolute atomic E-state index is 0.111. The van der Waals surface area contributed by atoms with Crippen molar-refractivity contribution in [3.63, 3.8) is 0 Å². The lowest BCUT2D eigenvalue weighted by molar-refractivity contribution is -0.130. The van der Waals surface area contributed by atoms with Gasteiger partial charge in [0.05, 0.1) is 0 Å². The molecule has 4 rings (SSSR count). The van der Waals surface area contributed by atoms with Gasteiger partial charge in [0.1, 0.15) is 0 Å². The van der Waals surface area contributed by atoms with Gasteiger partial charge in [-0.25, -0.2) is 0 Å². The number of hydrogen-bond donors (Lipinski definition) is 2. The lowest BCUT2D eigenvalue weighted by atomic mass is 9.91. The Hall–Kier alpha value is -2.66. The third-order valence-corrected chi connectivity index (χ3v) is 6.09. The van der Waals surface area contributed by atoms with Gasteiger partial charge in [-0.3, -0.25) is 9.59 Å². The maximum atomic E-state index is 12.7. The fourth-order valence-electron chi connectivity index (χ4n) is 4.35. The minimum Gasteiger partial charge on any atom is -0.356 e. The van der Waals surface area contributed by atoms with Crippen LogP contribution in [0.5, 0.6) is 0 Å². The van der Waals surface area contributed by atoms with Crippen LogP contribution in [-0.2, 0) is 9.59 Å². The van der Waals surface area contributed by atoms with Crippen LogP contribution in [0.15, 0.2) is 54.6 Å². The zero-order valence-electron chi connectivity index (χ0n) is 16.0. The van der Waals surface area contributed by atoms with Gasteiger partial charge in [-0.2, -0.15) is 0 Å². The van der Waals surface area contributed by atoms with Crippen LogP contribution in [0.1, 0.15) is 30.9 Å². The van der Waals surface area contributed by atoms with Gasteiger partial charge in [0.15, 0.2) is 0 Å². The van der Waals surface area contributed by atoms with Crippen molar-refractivity contribution < 1.29 is 9.59 Å². The van der Waals surface area contributed by atoms with Crippen LogP contribution in [0, 0.1) is 11.8 Å². The summed E-state index contributed by atoms with van der Waals surface area (Å²) in [6, 6.07) is 18.1. The molecule has 2 heterocycles. The topological polar surface area (TPSA) is 75.4 Å². The van der Waals surface area contributed by atoms with Gasteiger partial charge in [0.2, 0.25) is 11.8 Å². The van der Waals surface area contributed by atoms with Crippen molar-refractivity contribution in [1.29, 1.82) is 0 Å². The van der Waals surface area contributed by atoms with Crippen molar-refractivity contribution in [3.05, 3.63) is 60.2 Å². The monoisotopic (exact) mass is 377 g/mol. The summed E-state index contributed by atoms with van der Waals surface area (Å²) in [5.41, 5.74) is 9.62. The van der Waals surface area contributed by atoms with Gasteiger partial charge in [0, 0.05) is 38.5 Å². The normalized spacial score (nSPS) is 22.9. The first kappa shape index (κ1) is 18.7. The first-order chi connectivity index (χ1) is 13.6. The first-order valence-electron chi connectivity index (χ1n) is 10.1. The van der Waals surface area contributed by atoms with Crippen molar-refractivity contribution in [1.82, 2.24) is 10.2 Å². The largest absolute Gasteiger partial charge is 0.356 e. The SMILES string of the molecule is N[C@H](CC(=O)N1CCC(C2CNC(=O)C2)C1)c1ccc(-c2ccccc2)cc1. The van der Waals surface area contributed by atoms with Crippen LogP contribution in [-0.4, -0.2) is 36.3 Å². The molecule has 2 aliphatic rings. The molecule has 3 atom stereocenters. The van der Waals surface area contributed by atoms with Gasteiger partial charge in [-0.15, -0.1) is 0 Å². The molecular formula is C23H27N3O2. The Morgan fingerprint density at radius 1 is 1.07 bits per heavy atom. The molecule has 0 spiro atoms. The van der Waals surface area contributed by atoms with Gasteiger partial charge in [0.25, 0.3) is 0 Å². The molecule has 2 aromatic carbocycles. The van der Waals surface area contributed by atoms with Gasteiger partial charge in [-0.05, 0) is 34.9 Å². The minimum atomic E-state index is -0.300. The average Bonchev–Trinajstić information content (AvgIpc) is 3.38. The van der Waals surface area contributed by atoms with E-state index in [1.165, 1.54) is 5.56 Å². The van der Waals surface area contributed by atoms with Gasteiger partial charge < -0.3 is 16.0 Å². The second-order valence-electron chi connectivity index (χ2n) is 7.96. The number of rotatable bonds is 5. The third kappa shape index (κ3) is 4.09. The molecule has 28 heavy (non-hydrogen) atoms. The Morgan fingerprint density at radius 3 is 2.46 bits per heavy atom. The number of nitrogens with two attached hydrogens (primary N) is 1. The van der Waals surface area contributed by atoms with E-state index >= 15 is 0 Å². The maximum Gasteiger partial charge on any atom is 0.224 e. The molecule has 146 valence electrons. The van der Waals surface area contributed by atoms with E-state index in [0.717, 1.165) is 37.2 Å². The third-order valence-electron chi connectivity index (χ3n) is 6.09. The number of carbonyl (C=O) groups excluding carboxylic acids is 2. The Kier molecular flexibility index (Phi) is 5.44. The van der Waals surface area contributed by atoms with E-state index in [1.807, 2.05) is 35.2 Å². The lowest BCUT2D eigenvalue weighted by Gasteiger charge is -2.21. The molecule has 0 aliphatic carbocycles. The lowest BCUT2D eigenvalue weighted by Crippen LogP contribution is -2.32. The molecule has 2 saturated heterocycles. The zero-order valence-corrected chi connectivity index (χ0v) is 16.0.